The van der Waals surface area contributed by atoms with Crippen molar-refractivity contribution in [3.8, 4) is 0 Å². The van der Waals surface area contributed by atoms with E-state index in [9.17, 15) is 0 Å². The summed E-state index contributed by atoms with van der Waals surface area (Å²) in [6, 6.07) is 0.459. The highest BCUT2D eigenvalue weighted by atomic mass is 32.1. The van der Waals surface area contributed by atoms with Gasteiger partial charge in [0.25, 0.3) is 0 Å². The van der Waals surface area contributed by atoms with Crippen molar-refractivity contribution in [1.29, 1.82) is 0 Å². The average Bonchev–Trinajstić information content (AvgIpc) is 2.82. The SMILES string of the molecule is Cc1nsc(N[C@@H]2C[C@H]3CC[C@@H]2O3)n1. The molecule has 14 heavy (non-hydrogen) atoms. The van der Waals surface area contributed by atoms with Gasteiger partial charge < -0.3 is 10.1 Å². The molecule has 1 aromatic rings. The summed E-state index contributed by atoms with van der Waals surface area (Å²) < 4.78 is 9.91. The zero-order valence-corrected chi connectivity index (χ0v) is 8.88. The number of aryl methyl sites for hydroxylation is 1. The van der Waals surface area contributed by atoms with Crippen LogP contribution in [0.25, 0.3) is 0 Å². The molecule has 1 N–H and O–H groups in total. The van der Waals surface area contributed by atoms with Gasteiger partial charge >= 0.3 is 0 Å². The van der Waals surface area contributed by atoms with Crippen molar-refractivity contribution in [1.82, 2.24) is 9.36 Å². The smallest absolute Gasteiger partial charge is 0.202 e. The summed E-state index contributed by atoms with van der Waals surface area (Å²) in [7, 11) is 0. The Kier molecular flexibility index (Phi) is 1.95. The molecule has 3 rings (SSSR count). The molecule has 0 unspecified atom stereocenters. The van der Waals surface area contributed by atoms with Gasteiger partial charge in [0.2, 0.25) is 5.13 Å². The highest BCUT2D eigenvalue weighted by molar-refractivity contribution is 7.09. The molecule has 3 heterocycles. The van der Waals surface area contributed by atoms with Gasteiger partial charge in [0.1, 0.15) is 5.82 Å². The van der Waals surface area contributed by atoms with Crippen LogP contribution in [0.4, 0.5) is 5.13 Å². The Morgan fingerprint density at radius 1 is 1.50 bits per heavy atom. The molecule has 1 aromatic heterocycles. The molecular weight excluding hydrogens is 198 g/mol. The molecule has 2 saturated heterocycles. The van der Waals surface area contributed by atoms with Gasteiger partial charge in [-0.3, -0.25) is 0 Å². The third-order valence-corrected chi connectivity index (χ3v) is 3.68. The monoisotopic (exact) mass is 211 g/mol. The topological polar surface area (TPSA) is 47.0 Å². The van der Waals surface area contributed by atoms with E-state index in [1.54, 1.807) is 0 Å². The molecule has 76 valence electrons. The van der Waals surface area contributed by atoms with Crippen LogP contribution < -0.4 is 5.32 Å². The van der Waals surface area contributed by atoms with Gasteiger partial charge in [-0.1, -0.05) is 0 Å². The van der Waals surface area contributed by atoms with E-state index in [1.807, 2.05) is 6.92 Å². The predicted octanol–water partition coefficient (Wildman–Crippen LogP) is 1.58. The minimum absolute atomic E-state index is 0.407. The first-order valence-electron chi connectivity index (χ1n) is 5.03. The van der Waals surface area contributed by atoms with Crippen LogP contribution in [0.2, 0.25) is 0 Å². The predicted molar refractivity (Wildman–Crippen MR) is 54.6 cm³/mol. The number of ether oxygens (including phenoxy) is 1. The molecule has 2 aliphatic rings. The Morgan fingerprint density at radius 2 is 2.43 bits per heavy atom. The van der Waals surface area contributed by atoms with Crippen molar-refractivity contribution in [3.05, 3.63) is 5.82 Å². The van der Waals surface area contributed by atoms with Crippen LogP contribution in [0.5, 0.6) is 0 Å². The van der Waals surface area contributed by atoms with Gasteiger partial charge in [0.05, 0.1) is 18.2 Å². The fourth-order valence-electron chi connectivity index (χ4n) is 2.30. The maximum absolute atomic E-state index is 5.76. The molecule has 0 aliphatic carbocycles. The third-order valence-electron chi connectivity index (χ3n) is 2.94. The highest BCUT2D eigenvalue weighted by Gasteiger charge is 2.40. The van der Waals surface area contributed by atoms with Gasteiger partial charge in [-0.15, -0.1) is 0 Å². The first-order chi connectivity index (χ1) is 6.81. The highest BCUT2D eigenvalue weighted by Crippen LogP contribution is 2.36. The van der Waals surface area contributed by atoms with E-state index in [-0.39, 0.29) is 0 Å². The molecule has 2 fully saturated rings. The molecule has 5 heteroatoms. The van der Waals surface area contributed by atoms with Crippen molar-refractivity contribution in [3.63, 3.8) is 0 Å². The van der Waals surface area contributed by atoms with Crippen molar-refractivity contribution in [2.75, 3.05) is 5.32 Å². The number of nitrogens with zero attached hydrogens (tertiary/aromatic N) is 2. The summed E-state index contributed by atoms with van der Waals surface area (Å²) in [4.78, 5) is 4.30. The minimum atomic E-state index is 0.407. The summed E-state index contributed by atoms with van der Waals surface area (Å²) in [6.45, 7) is 1.92. The number of rotatable bonds is 2. The molecule has 4 nitrogen and oxygen atoms in total. The van der Waals surface area contributed by atoms with E-state index < -0.39 is 0 Å². The maximum atomic E-state index is 5.76. The number of nitrogens with one attached hydrogen (secondary N) is 1. The van der Waals surface area contributed by atoms with Gasteiger partial charge in [0.15, 0.2) is 0 Å². The maximum Gasteiger partial charge on any atom is 0.202 e. The van der Waals surface area contributed by atoms with Gasteiger partial charge in [0, 0.05) is 11.5 Å². The van der Waals surface area contributed by atoms with Crippen molar-refractivity contribution < 1.29 is 4.74 Å². The fraction of sp³-hybridized carbons (Fsp3) is 0.778. The zero-order chi connectivity index (χ0) is 9.54. The number of anilines is 1. The first kappa shape index (κ1) is 8.61. The Balaban J connectivity index is 1.68. The molecule has 0 saturated carbocycles. The molecule has 0 radical (unpaired) electrons. The standard InChI is InChI=1S/C9H13N3OS/c1-5-10-9(14-12-5)11-7-4-6-2-3-8(7)13-6/h6-8H,2-4H2,1H3,(H,10,11,12)/t6-,7-,8+/m1/s1. The Morgan fingerprint density at radius 3 is 3.00 bits per heavy atom. The van der Waals surface area contributed by atoms with Crippen LogP contribution in [0.3, 0.4) is 0 Å². The van der Waals surface area contributed by atoms with Gasteiger partial charge in [-0.25, -0.2) is 4.98 Å². The van der Waals surface area contributed by atoms with Crippen molar-refractivity contribution >= 4 is 16.7 Å². The second kappa shape index (κ2) is 3.17. The number of hydrogen-bond acceptors (Lipinski definition) is 5. The summed E-state index contributed by atoms with van der Waals surface area (Å²) >= 11 is 1.44. The molecule has 0 spiro atoms. The summed E-state index contributed by atoms with van der Waals surface area (Å²) in [5, 5.41) is 4.35. The van der Waals surface area contributed by atoms with Gasteiger partial charge in [-0.05, 0) is 26.2 Å². The largest absolute Gasteiger partial charge is 0.373 e. The Labute approximate surface area is 86.9 Å². The normalized spacial score (nSPS) is 35.1. The Hall–Kier alpha value is -0.680. The second-order valence-corrected chi connectivity index (χ2v) is 4.76. The second-order valence-electron chi connectivity index (χ2n) is 4.01. The molecule has 0 aromatic carbocycles. The molecule has 2 aliphatic heterocycles. The molecular formula is C9H13N3OS. The first-order valence-corrected chi connectivity index (χ1v) is 5.81. The molecule has 0 amide bonds. The number of hydrogen-bond donors (Lipinski definition) is 1. The lowest BCUT2D eigenvalue weighted by Crippen LogP contribution is -2.30. The van der Waals surface area contributed by atoms with Crippen LogP contribution in [-0.4, -0.2) is 27.6 Å². The van der Waals surface area contributed by atoms with Crippen molar-refractivity contribution in [2.24, 2.45) is 0 Å². The van der Waals surface area contributed by atoms with Crippen LogP contribution in [-0.2, 0) is 4.74 Å². The van der Waals surface area contributed by atoms with E-state index in [2.05, 4.69) is 14.7 Å². The lowest BCUT2D eigenvalue weighted by molar-refractivity contribution is 0.102. The van der Waals surface area contributed by atoms with E-state index in [1.165, 1.54) is 24.4 Å². The van der Waals surface area contributed by atoms with E-state index in [0.717, 1.165) is 17.4 Å². The Bertz CT molecular complexity index is 341. The zero-order valence-electron chi connectivity index (χ0n) is 8.06. The summed E-state index contributed by atoms with van der Waals surface area (Å²) in [5.74, 6) is 0.849. The quantitative estimate of drug-likeness (QED) is 0.806. The van der Waals surface area contributed by atoms with Crippen LogP contribution in [0.15, 0.2) is 0 Å². The lowest BCUT2D eigenvalue weighted by atomic mass is 9.96. The van der Waals surface area contributed by atoms with Crippen LogP contribution in [0.1, 0.15) is 25.1 Å². The van der Waals surface area contributed by atoms with E-state index in [4.69, 9.17) is 4.74 Å². The fourth-order valence-corrected chi connectivity index (χ4v) is 2.94. The molecule has 2 bridgehead atoms. The van der Waals surface area contributed by atoms with Crippen LogP contribution in [0, 0.1) is 6.92 Å². The van der Waals surface area contributed by atoms with E-state index >= 15 is 0 Å². The number of aromatic nitrogens is 2. The number of fused-ring (bicyclic) bond motifs is 2. The average molecular weight is 211 g/mol. The summed E-state index contributed by atoms with van der Waals surface area (Å²) in [6.07, 6.45) is 4.46. The third kappa shape index (κ3) is 1.40. The van der Waals surface area contributed by atoms with Crippen LogP contribution >= 0.6 is 11.5 Å². The van der Waals surface area contributed by atoms with Gasteiger partial charge in [-0.2, -0.15) is 4.37 Å². The lowest BCUT2D eigenvalue weighted by Gasteiger charge is -2.18. The van der Waals surface area contributed by atoms with E-state index in [0.29, 0.717) is 18.2 Å². The summed E-state index contributed by atoms with van der Waals surface area (Å²) in [5.41, 5.74) is 0. The van der Waals surface area contributed by atoms with Crippen molar-refractivity contribution in [2.45, 2.75) is 44.4 Å². The molecule has 3 atom stereocenters. The minimum Gasteiger partial charge on any atom is -0.373 e.